The van der Waals surface area contributed by atoms with E-state index in [1.54, 1.807) is 12.1 Å². The van der Waals surface area contributed by atoms with Gasteiger partial charge in [-0.2, -0.15) is 0 Å². The lowest BCUT2D eigenvalue weighted by atomic mass is 9.79. The molecule has 0 saturated heterocycles. The molecule has 1 aromatic rings. The molecule has 1 saturated carbocycles. The molecule has 0 N–H and O–H groups in total. The second-order valence-corrected chi connectivity index (χ2v) is 5.03. The third-order valence-electron chi connectivity index (χ3n) is 3.82. The lowest BCUT2D eigenvalue weighted by Gasteiger charge is -2.26. The predicted molar refractivity (Wildman–Crippen MR) is 68.9 cm³/mol. The van der Waals surface area contributed by atoms with Gasteiger partial charge in [0, 0.05) is 6.99 Å². The quantitative estimate of drug-likeness (QED) is 0.668. The molecular weight excluding hydrogens is 218 g/mol. The lowest BCUT2D eigenvalue weighted by Crippen LogP contribution is -2.13. The Kier molecular flexibility index (Phi) is 3.60. The fourth-order valence-electron chi connectivity index (χ4n) is 2.62. The van der Waals surface area contributed by atoms with E-state index < -0.39 is 11.6 Å². The number of hydrogen-bond acceptors (Lipinski definition) is 0. The summed E-state index contributed by atoms with van der Waals surface area (Å²) in [5.41, 5.74) is 0.787. The number of benzene rings is 1. The van der Waals surface area contributed by atoms with E-state index in [0.29, 0.717) is 11.5 Å². The van der Waals surface area contributed by atoms with Crippen LogP contribution in [0.25, 0.3) is 6.08 Å². The van der Waals surface area contributed by atoms with Crippen LogP contribution in [0.4, 0.5) is 8.78 Å². The van der Waals surface area contributed by atoms with Crippen LogP contribution < -0.4 is 0 Å². The molecule has 0 amide bonds. The molecule has 1 aliphatic carbocycles. The largest absolute Gasteiger partial charge is 0.203 e. The summed E-state index contributed by atoms with van der Waals surface area (Å²) in [6, 6.07) is 3.34. The van der Waals surface area contributed by atoms with Gasteiger partial charge in [0.15, 0.2) is 11.6 Å². The molecule has 0 aliphatic heterocycles. The maximum Gasteiger partial charge on any atom is 0.166 e. The van der Waals surface area contributed by atoms with Gasteiger partial charge in [0.1, 0.15) is 0 Å². The predicted octanol–water partition coefficient (Wildman–Crippen LogP) is 5.15. The molecule has 94 valence electrons. The molecule has 17 heavy (non-hydrogen) atoms. The van der Waals surface area contributed by atoms with Crippen LogP contribution in [-0.2, 0) is 0 Å². The van der Waals surface area contributed by atoms with Crippen molar-refractivity contribution >= 4 is 6.08 Å². The summed E-state index contributed by atoms with van der Waals surface area (Å²) in [6.07, 6.45) is 5.49. The minimum Gasteiger partial charge on any atom is -0.203 e. The van der Waals surface area contributed by atoms with Gasteiger partial charge < -0.3 is 0 Å². The van der Waals surface area contributed by atoms with Crippen LogP contribution in [0.5, 0.6) is 0 Å². The first-order chi connectivity index (χ1) is 8.13. The molecule has 0 heterocycles. The second kappa shape index (κ2) is 4.99. The number of hydrogen-bond donors (Lipinski definition) is 0. The van der Waals surface area contributed by atoms with Gasteiger partial charge in [-0.25, -0.2) is 8.78 Å². The molecule has 0 radical (unpaired) electrons. The van der Waals surface area contributed by atoms with Gasteiger partial charge >= 0.3 is 0 Å². The van der Waals surface area contributed by atoms with Crippen molar-refractivity contribution in [1.29, 1.82) is 0 Å². The van der Waals surface area contributed by atoms with Crippen LogP contribution in [0, 0.1) is 17.6 Å². The average Bonchev–Trinajstić information content (AvgIpc) is 2.34. The molecule has 1 aromatic carbocycles. The van der Waals surface area contributed by atoms with E-state index in [9.17, 15) is 8.78 Å². The summed E-state index contributed by atoms with van der Waals surface area (Å²) in [5, 5.41) is 0. The van der Waals surface area contributed by atoms with Crippen molar-refractivity contribution in [1.82, 2.24) is 0 Å². The minimum atomic E-state index is -0.754. The highest BCUT2D eigenvalue weighted by Gasteiger charge is 2.24. The Morgan fingerprint density at radius 1 is 1.18 bits per heavy atom. The van der Waals surface area contributed by atoms with Gasteiger partial charge in [-0.1, -0.05) is 44.6 Å². The van der Waals surface area contributed by atoms with E-state index in [2.05, 4.69) is 13.5 Å². The van der Waals surface area contributed by atoms with Gasteiger partial charge in [0.25, 0.3) is 0 Å². The summed E-state index contributed by atoms with van der Waals surface area (Å²) in [7, 11) is 0. The van der Waals surface area contributed by atoms with Crippen LogP contribution in [0.1, 0.15) is 51.1 Å². The molecule has 0 spiro atoms. The first kappa shape index (κ1) is 12.3. The average molecular weight is 238 g/mol. The summed E-state index contributed by atoms with van der Waals surface area (Å²) < 4.78 is 27.6. The molecular formula is C15H20F2. The monoisotopic (exact) mass is 238 g/mol. The topological polar surface area (TPSA) is 0 Å². The third kappa shape index (κ3) is 2.41. The van der Waals surface area contributed by atoms with Crippen LogP contribution in [0.2, 0.25) is 0 Å². The summed E-state index contributed by atoms with van der Waals surface area (Å²) >= 11 is 0. The van der Waals surface area contributed by atoms with E-state index in [-0.39, 0.29) is 12.9 Å². The zero-order chi connectivity index (χ0) is 12.4. The van der Waals surface area contributed by atoms with Gasteiger partial charge in [-0.15, -0.1) is 0 Å². The van der Waals surface area contributed by atoms with E-state index in [1.807, 2.05) is 0 Å². The molecule has 1 aliphatic rings. The Hall–Kier alpha value is -1.18. The first-order valence-corrected chi connectivity index (χ1v) is 6.23. The highest BCUT2D eigenvalue weighted by molar-refractivity contribution is 5.49. The van der Waals surface area contributed by atoms with Gasteiger partial charge in [-0.05, 0) is 30.2 Å². The highest BCUT2D eigenvalue weighted by Crippen LogP contribution is 2.37. The number of halogens is 2. The van der Waals surface area contributed by atoms with Crippen LogP contribution in [0.3, 0.4) is 0 Å². The summed E-state index contributed by atoms with van der Waals surface area (Å²) in [5.74, 6) is -0.538. The van der Waals surface area contributed by atoms with E-state index in [0.717, 1.165) is 25.7 Å². The van der Waals surface area contributed by atoms with Gasteiger partial charge in [-0.3, -0.25) is 0 Å². The molecule has 0 aromatic heterocycles. The molecule has 2 rings (SSSR count). The third-order valence-corrected chi connectivity index (χ3v) is 3.82. The Labute approximate surface area is 103 Å². The Morgan fingerprint density at radius 2 is 1.82 bits per heavy atom. The van der Waals surface area contributed by atoms with Crippen molar-refractivity contribution in [3.05, 3.63) is 41.5 Å². The maximum atomic E-state index is 13.9. The van der Waals surface area contributed by atoms with Crippen molar-refractivity contribution in [2.24, 2.45) is 5.92 Å². The molecule has 2 heteroatoms. The normalized spacial score (nSPS) is 24.6. The maximum absolute atomic E-state index is 13.9. The standard InChI is InChI=1S/C15H18F2.H2/c1-3-11-8-9-13(15(17)14(11)16)12-6-4-10(2)5-7-12;/h3,8-10,12H,1,4-7H2,2H3;1H. The van der Waals surface area contributed by atoms with Crippen LogP contribution >= 0.6 is 0 Å². The van der Waals surface area contributed by atoms with Crippen LogP contribution in [0.15, 0.2) is 18.7 Å². The fourth-order valence-corrected chi connectivity index (χ4v) is 2.62. The molecule has 0 bridgehead atoms. The fraction of sp³-hybridized carbons (Fsp3) is 0.467. The lowest BCUT2D eigenvalue weighted by molar-refractivity contribution is 0.339. The van der Waals surface area contributed by atoms with Crippen molar-refractivity contribution in [2.75, 3.05) is 0 Å². The van der Waals surface area contributed by atoms with Crippen molar-refractivity contribution < 1.29 is 10.2 Å². The number of rotatable bonds is 2. The second-order valence-electron chi connectivity index (χ2n) is 5.03. The Morgan fingerprint density at radius 3 is 2.41 bits per heavy atom. The van der Waals surface area contributed by atoms with E-state index in [4.69, 9.17) is 0 Å². The molecule has 0 atom stereocenters. The van der Waals surface area contributed by atoms with Crippen molar-refractivity contribution in [2.45, 2.75) is 38.5 Å². The van der Waals surface area contributed by atoms with Gasteiger partial charge in [0.2, 0.25) is 0 Å². The highest BCUT2D eigenvalue weighted by atomic mass is 19.2. The van der Waals surface area contributed by atoms with Crippen molar-refractivity contribution in [3.8, 4) is 0 Å². The molecule has 0 unspecified atom stereocenters. The minimum absolute atomic E-state index is 0. The molecule has 0 nitrogen and oxygen atoms in total. The van der Waals surface area contributed by atoms with E-state index in [1.165, 1.54) is 6.08 Å². The Balaban J connectivity index is 0.00000162. The summed E-state index contributed by atoms with van der Waals surface area (Å²) in [4.78, 5) is 0. The van der Waals surface area contributed by atoms with Gasteiger partial charge in [0.05, 0.1) is 0 Å². The molecule has 1 fully saturated rings. The first-order valence-electron chi connectivity index (χ1n) is 6.23. The summed E-state index contributed by atoms with van der Waals surface area (Å²) in [6.45, 7) is 5.69. The van der Waals surface area contributed by atoms with Crippen molar-refractivity contribution in [3.63, 3.8) is 0 Å². The zero-order valence-electron chi connectivity index (χ0n) is 10.2. The van der Waals surface area contributed by atoms with Crippen LogP contribution in [-0.4, -0.2) is 0 Å². The Bertz CT molecular complexity index is 421. The smallest absolute Gasteiger partial charge is 0.166 e. The SMILES string of the molecule is C=Cc1ccc(C2CCC(C)CC2)c(F)c1F.[HH]. The van der Waals surface area contributed by atoms with E-state index >= 15 is 0 Å². The zero-order valence-corrected chi connectivity index (χ0v) is 10.2.